The molecule has 2 N–H and O–H groups in total. The van der Waals surface area contributed by atoms with E-state index in [4.69, 9.17) is 18.2 Å². The standard InChI is InChI=1S/C21H20ClFN2O3/c1-12-15(6-9-18(24-3)20(12)22)10-17(13(2)26)21(28)25-11-19(27)14-4-7-16(23)8-5-14/h4-9,13,17,26H,10-11H2,1-2H3,(H,25,28)/t13-,17+/m0/s1. The monoisotopic (exact) mass is 402 g/mol. The summed E-state index contributed by atoms with van der Waals surface area (Å²) in [7, 11) is 0. The first-order valence-corrected chi connectivity index (χ1v) is 9.02. The number of rotatable bonds is 7. The number of nitrogens with one attached hydrogen (secondary N) is 1. The number of benzene rings is 2. The van der Waals surface area contributed by atoms with Crippen LogP contribution in [-0.4, -0.2) is 29.4 Å². The van der Waals surface area contributed by atoms with Crippen molar-refractivity contribution in [3.63, 3.8) is 0 Å². The predicted octanol–water partition coefficient (Wildman–Crippen LogP) is 3.88. The summed E-state index contributed by atoms with van der Waals surface area (Å²) in [6.45, 7) is 10.1. The highest BCUT2D eigenvalue weighted by atomic mass is 35.5. The molecule has 0 aromatic heterocycles. The highest BCUT2D eigenvalue weighted by Crippen LogP contribution is 2.31. The number of amides is 1. The molecule has 28 heavy (non-hydrogen) atoms. The Morgan fingerprint density at radius 1 is 1.25 bits per heavy atom. The van der Waals surface area contributed by atoms with Crippen molar-refractivity contribution >= 4 is 29.0 Å². The van der Waals surface area contributed by atoms with Gasteiger partial charge in [0.15, 0.2) is 5.78 Å². The van der Waals surface area contributed by atoms with Crippen LogP contribution in [0.25, 0.3) is 4.85 Å². The predicted molar refractivity (Wildman–Crippen MR) is 105 cm³/mol. The van der Waals surface area contributed by atoms with Crippen molar-refractivity contribution in [2.24, 2.45) is 5.92 Å². The minimum atomic E-state index is -0.959. The van der Waals surface area contributed by atoms with Crippen molar-refractivity contribution in [1.82, 2.24) is 5.32 Å². The van der Waals surface area contributed by atoms with Gasteiger partial charge in [-0.2, -0.15) is 0 Å². The molecule has 2 atom stereocenters. The van der Waals surface area contributed by atoms with E-state index >= 15 is 0 Å². The van der Waals surface area contributed by atoms with Crippen LogP contribution < -0.4 is 5.32 Å². The summed E-state index contributed by atoms with van der Waals surface area (Å²) in [6.07, 6.45) is -0.752. The van der Waals surface area contributed by atoms with E-state index in [1.54, 1.807) is 19.1 Å². The molecule has 0 radical (unpaired) electrons. The van der Waals surface area contributed by atoms with Gasteiger partial charge in [0, 0.05) is 5.56 Å². The quantitative estimate of drug-likeness (QED) is 0.545. The van der Waals surface area contributed by atoms with E-state index in [2.05, 4.69) is 10.2 Å². The van der Waals surface area contributed by atoms with Crippen LogP contribution in [0.15, 0.2) is 36.4 Å². The van der Waals surface area contributed by atoms with E-state index in [9.17, 15) is 19.1 Å². The lowest BCUT2D eigenvalue weighted by molar-refractivity contribution is -0.127. The summed E-state index contributed by atoms with van der Waals surface area (Å²) in [5.74, 6) is -2.09. The van der Waals surface area contributed by atoms with Crippen LogP contribution in [0, 0.1) is 25.2 Å². The topological polar surface area (TPSA) is 70.8 Å². The Bertz CT molecular complexity index is 920. The number of nitrogens with zero attached hydrogens (tertiary/aromatic N) is 1. The summed E-state index contributed by atoms with van der Waals surface area (Å²) in [6, 6.07) is 8.33. The molecule has 0 aliphatic heterocycles. The summed E-state index contributed by atoms with van der Waals surface area (Å²) in [4.78, 5) is 28.0. The van der Waals surface area contributed by atoms with Crippen LogP contribution in [0.1, 0.15) is 28.4 Å². The second kappa shape index (κ2) is 9.45. The molecule has 5 nitrogen and oxygen atoms in total. The van der Waals surface area contributed by atoms with E-state index in [1.807, 2.05) is 0 Å². The second-order valence-electron chi connectivity index (χ2n) is 6.49. The van der Waals surface area contributed by atoms with Gasteiger partial charge in [-0.1, -0.05) is 23.7 Å². The number of hydrogen-bond acceptors (Lipinski definition) is 3. The normalized spacial score (nSPS) is 12.7. The molecule has 0 unspecified atom stereocenters. The van der Waals surface area contributed by atoms with Crippen molar-refractivity contribution in [2.45, 2.75) is 26.4 Å². The maximum atomic E-state index is 12.9. The molecule has 2 aromatic carbocycles. The third kappa shape index (κ3) is 5.16. The molecule has 0 saturated heterocycles. The summed E-state index contributed by atoms with van der Waals surface area (Å²) in [5.41, 5.74) is 2.03. The van der Waals surface area contributed by atoms with Gasteiger partial charge in [-0.3, -0.25) is 9.59 Å². The van der Waals surface area contributed by atoms with Crippen LogP contribution in [0.3, 0.4) is 0 Å². The molecule has 7 heteroatoms. The number of carbonyl (C=O) groups excluding carboxylic acids is 2. The Hall–Kier alpha value is -2.75. The van der Waals surface area contributed by atoms with Gasteiger partial charge in [0.2, 0.25) is 11.6 Å². The first kappa shape index (κ1) is 21.5. The minimum absolute atomic E-state index is 0.206. The molecule has 146 valence electrons. The first-order valence-electron chi connectivity index (χ1n) is 8.64. The maximum absolute atomic E-state index is 12.9. The second-order valence-corrected chi connectivity index (χ2v) is 6.87. The molecule has 0 aliphatic rings. The first-order chi connectivity index (χ1) is 13.2. The number of halogens is 2. The Balaban J connectivity index is 2.08. The van der Waals surface area contributed by atoms with Crippen LogP contribution >= 0.6 is 11.6 Å². The Labute approximate surface area is 168 Å². The van der Waals surface area contributed by atoms with E-state index < -0.39 is 23.7 Å². The third-order valence-corrected chi connectivity index (χ3v) is 5.02. The number of carbonyl (C=O) groups is 2. The zero-order valence-corrected chi connectivity index (χ0v) is 16.3. The average Bonchev–Trinajstić information content (AvgIpc) is 2.67. The van der Waals surface area contributed by atoms with Crippen molar-refractivity contribution < 1.29 is 19.1 Å². The van der Waals surface area contributed by atoms with E-state index in [1.165, 1.54) is 31.2 Å². The molecule has 1 amide bonds. The average molecular weight is 403 g/mol. The summed E-state index contributed by atoms with van der Waals surface area (Å²) >= 11 is 6.17. The van der Waals surface area contributed by atoms with Crippen LogP contribution in [0.2, 0.25) is 5.02 Å². The van der Waals surface area contributed by atoms with Gasteiger partial charge < -0.3 is 10.4 Å². The van der Waals surface area contributed by atoms with Crippen LogP contribution in [0.5, 0.6) is 0 Å². The largest absolute Gasteiger partial charge is 0.393 e. The van der Waals surface area contributed by atoms with Gasteiger partial charge in [0.05, 0.1) is 30.2 Å². The molecule has 0 aliphatic carbocycles. The number of aliphatic hydroxyl groups excluding tert-OH is 1. The van der Waals surface area contributed by atoms with Gasteiger partial charge in [0.1, 0.15) is 5.82 Å². The van der Waals surface area contributed by atoms with E-state index in [-0.39, 0.29) is 24.3 Å². The fraction of sp³-hybridized carbons (Fsp3) is 0.286. The minimum Gasteiger partial charge on any atom is -0.393 e. The Morgan fingerprint density at radius 3 is 2.46 bits per heavy atom. The number of ketones is 1. The lowest BCUT2D eigenvalue weighted by atomic mass is 9.91. The van der Waals surface area contributed by atoms with Crippen molar-refractivity contribution in [2.75, 3.05) is 6.54 Å². The smallest absolute Gasteiger partial charge is 0.226 e. The Morgan fingerprint density at radius 2 is 1.89 bits per heavy atom. The van der Waals surface area contributed by atoms with Crippen LogP contribution in [0.4, 0.5) is 10.1 Å². The molecule has 0 bridgehead atoms. The molecule has 0 spiro atoms. The van der Waals surface area contributed by atoms with Crippen molar-refractivity contribution in [3.05, 3.63) is 75.3 Å². The molecule has 2 rings (SSSR count). The zero-order chi connectivity index (χ0) is 20.8. The van der Waals surface area contributed by atoms with E-state index in [0.29, 0.717) is 16.3 Å². The molecular formula is C21H20ClFN2O3. The van der Waals surface area contributed by atoms with Gasteiger partial charge >= 0.3 is 0 Å². The highest BCUT2D eigenvalue weighted by Gasteiger charge is 2.25. The lowest BCUT2D eigenvalue weighted by Gasteiger charge is -2.21. The molecule has 2 aromatic rings. The van der Waals surface area contributed by atoms with Crippen molar-refractivity contribution in [1.29, 1.82) is 0 Å². The SMILES string of the molecule is [C-]#[N+]c1ccc(C[C@@H](C(=O)NCC(=O)c2ccc(F)cc2)[C@H](C)O)c(C)c1Cl. The fourth-order valence-electron chi connectivity index (χ4n) is 2.77. The molecular weight excluding hydrogens is 383 g/mol. The van der Waals surface area contributed by atoms with Crippen molar-refractivity contribution in [3.8, 4) is 0 Å². The molecule has 0 saturated carbocycles. The van der Waals surface area contributed by atoms with Gasteiger partial charge in [-0.15, -0.1) is 0 Å². The summed E-state index contributed by atoms with van der Waals surface area (Å²) < 4.78 is 12.9. The maximum Gasteiger partial charge on any atom is 0.226 e. The van der Waals surface area contributed by atoms with Crippen LogP contribution in [-0.2, 0) is 11.2 Å². The lowest BCUT2D eigenvalue weighted by Crippen LogP contribution is -2.40. The fourth-order valence-corrected chi connectivity index (χ4v) is 3.00. The highest BCUT2D eigenvalue weighted by molar-refractivity contribution is 6.34. The van der Waals surface area contributed by atoms with Gasteiger partial charge in [-0.05, 0) is 55.7 Å². The molecule has 0 fully saturated rings. The third-order valence-electron chi connectivity index (χ3n) is 4.55. The number of Topliss-reactive ketones (excluding diaryl/α,β-unsaturated/α-hetero) is 1. The van der Waals surface area contributed by atoms with Gasteiger partial charge in [0.25, 0.3) is 0 Å². The van der Waals surface area contributed by atoms with E-state index in [0.717, 1.165) is 5.56 Å². The summed E-state index contributed by atoms with van der Waals surface area (Å²) in [5, 5.41) is 12.9. The molecule has 0 heterocycles. The number of hydrogen-bond donors (Lipinski definition) is 2. The van der Waals surface area contributed by atoms with Gasteiger partial charge in [-0.25, -0.2) is 9.24 Å². The Kier molecular flexibility index (Phi) is 7.27. The zero-order valence-electron chi connectivity index (χ0n) is 15.5. The number of aliphatic hydroxyl groups is 1.